The predicted octanol–water partition coefficient (Wildman–Crippen LogP) is 6.96. The van der Waals surface area contributed by atoms with Crippen molar-refractivity contribution in [1.29, 1.82) is 0 Å². The molecule has 188 valence electrons. The van der Waals surface area contributed by atoms with Gasteiger partial charge in [0.2, 0.25) is 5.91 Å². The van der Waals surface area contributed by atoms with Crippen LogP contribution in [-0.4, -0.2) is 30.4 Å². The fourth-order valence-corrected chi connectivity index (χ4v) is 4.80. The molecule has 4 N–H and O–H groups in total. The van der Waals surface area contributed by atoms with Crippen LogP contribution in [0.5, 0.6) is 0 Å². The zero-order valence-corrected chi connectivity index (χ0v) is 21.6. The van der Waals surface area contributed by atoms with Gasteiger partial charge in [-0.2, -0.15) is 0 Å². The zero-order chi connectivity index (χ0) is 26.0. The van der Waals surface area contributed by atoms with Gasteiger partial charge in [-0.1, -0.05) is 50.2 Å². The summed E-state index contributed by atoms with van der Waals surface area (Å²) in [5, 5.41) is 7.60. The van der Waals surface area contributed by atoms with Gasteiger partial charge in [0.15, 0.2) is 0 Å². The maximum Gasteiger partial charge on any atom is 0.245 e. The van der Waals surface area contributed by atoms with Crippen LogP contribution in [0.15, 0.2) is 61.2 Å². The van der Waals surface area contributed by atoms with Crippen LogP contribution in [0, 0.1) is 18.7 Å². The SMILES string of the molecule is C=CC(=O)N1CC(CNc2cc(Cl)c(-c3cc(F)ccc3N)cc2Nc2c(C)cccc2C(C)C)C1. The van der Waals surface area contributed by atoms with Crippen molar-refractivity contribution in [3.8, 4) is 11.1 Å². The molecule has 0 bridgehead atoms. The molecular formula is C29H32ClFN4O. The molecule has 0 unspecified atom stereocenters. The molecule has 0 spiro atoms. The van der Waals surface area contributed by atoms with Crippen LogP contribution in [0.2, 0.25) is 5.02 Å². The van der Waals surface area contributed by atoms with Crippen LogP contribution in [0.4, 0.5) is 27.1 Å². The first-order chi connectivity index (χ1) is 17.2. The summed E-state index contributed by atoms with van der Waals surface area (Å²) in [5.74, 6) is 0.215. The fourth-order valence-electron chi connectivity index (χ4n) is 4.53. The first kappa shape index (κ1) is 25.6. The Hall–Kier alpha value is -3.51. The van der Waals surface area contributed by atoms with E-state index in [4.69, 9.17) is 17.3 Å². The number of amides is 1. The summed E-state index contributed by atoms with van der Waals surface area (Å²) in [5.41, 5.74) is 12.8. The number of aryl methyl sites for hydroxylation is 1. The van der Waals surface area contributed by atoms with Crippen LogP contribution in [0.25, 0.3) is 11.1 Å². The summed E-state index contributed by atoms with van der Waals surface area (Å²) in [4.78, 5) is 13.5. The van der Waals surface area contributed by atoms with E-state index >= 15 is 0 Å². The number of likely N-dealkylation sites (tertiary alicyclic amines) is 1. The third-order valence-corrected chi connectivity index (χ3v) is 6.94. The minimum Gasteiger partial charge on any atom is -0.398 e. The minimum absolute atomic E-state index is 0.0468. The van der Waals surface area contributed by atoms with Crippen molar-refractivity contribution in [3.63, 3.8) is 0 Å². The number of carbonyl (C=O) groups excluding carboxylic acids is 1. The first-order valence-electron chi connectivity index (χ1n) is 12.1. The number of benzene rings is 3. The number of anilines is 4. The molecule has 1 heterocycles. The molecule has 1 saturated heterocycles. The molecule has 1 aliphatic rings. The van der Waals surface area contributed by atoms with E-state index in [-0.39, 0.29) is 11.7 Å². The van der Waals surface area contributed by atoms with Crippen LogP contribution >= 0.6 is 11.6 Å². The molecule has 0 radical (unpaired) electrons. The lowest BCUT2D eigenvalue weighted by atomic mass is 9.97. The maximum atomic E-state index is 14.1. The van der Waals surface area contributed by atoms with Crippen molar-refractivity contribution >= 4 is 40.3 Å². The highest BCUT2D eigenvalue weighted by atomic mass is 35.5. The van der Waals surface area contributed by atoms with Crippen molar-refractivity contribution < 1.29 is 9.18 Å². The molecule has 0 aliphatic carbocycles. The third kappa shape index (κ3) is 5.34. The smallest absolute Gasteiger partial charge is 0.245 e. The van der Waals surface area contributed by atoms with E-state index in [1.807, 2.05) is 12.1 Å². The third-order valence-electron chi connectivity index (χ3n) is 6.62. The van der Waals surface area contributed by atoms with Crippen LogP contribution in [-0.2, 0) is 4.79 Å². The van der Waals surface area contributed by atoms with Gasteiger partial charge >= 0.3 is 0 Å². The Kier molecular flexibility index (Phi) is 7.55. The summed E-state index contributed by atoms with van der Waals surface area (Å²) in [7, 11) is 0. The molecule has 0 aromatic heterocycles. The molecule has 1 fully saturated rings. The number of carbonyl (C=O) groups is 1. The first-order valence-corrected chi connectivity index (χ1v) is 12.5. The number of nitrogens with one attached hydrogen (secondary N) is 2. The van der Waals surface area contributed by atoms with Gasteiger partial charge in [-0.15, -0.1) is 0 Å². The Morgan fingerprint density at radius 3 is 2.64 bits per heavy atom. The highest BCUT2D eigenvalue weighted by Gasteiger charge is 2.29. The molecule has 4 rings (SSSR count). The summed E-state index contributed by atoms with van der Waals surface area (Å²) in [6, 6.07) is 14.3. The van der Waals surface area contributed by atoms with Crippen molar-refractivity contribution in [1.82, 2.24) is 4.90 Å². The van der Waals surface area contributed by atoms with Crippen LogP contribution in [0.3, 0.4) is 0 Å². The van der Waals surface area contributed by atoms with Gasteiger partial charge in [-0.05, 0) is 60.4 Å². The standard InChI is InChI=1S/C29H32ClFN4O/c1-5-28(36)35-15-19(16-35)14-33-26-13-24(30)22(23-11-20(31)9-10-25(23)32)12-27(26)34-29-18(4)7-6-8-21(29)17(2)3/h5-13,17,19,33-34H,1,14-16,32H2,2-4H3. The number of rotatable bonds is 8. The van der Waals surface area contributed by atoms with Crippen molar-refractivity contribution in [2.75, 3.05) is 36.0 Å². The largest absolute Gasteiger partial charge is 0.398 e. The second-order valence-corrected chi connectivity index (χ2v) is 10.0. The highest BCUT2D eigenvalue weighted by molar-refractivity contribution is 6.34. The lowest BCUT2D eigenvalue weighted by Gasteiger charge is -2.39. The Labute approximate surface area is 217 Å². The Morgan fingerprint density at radius 1 is 1.19 bits per heavy atom. The second kappa shape index (κ2) is 10.6. The van der Waals surface area contributed by atoms with Gasteiger partial charge in [0.25, 0.3) is 0 Å². The zero-order valence-electron chi connectivity index (χ0n) is 20.9. The van der Waals surface area contributed by atoms with Gasteiger partial charge in [-0.25, -0.2) is 4.39 Å². The molecule has 0 saturated carbocycles. The van der Waals surface area contributed by atoms with Crippen LogP contribution in [0.1, 0.15) is 30.9 Å². The van der Waals surface area contributed by atoms with E-state index in [1.165, 1.54) is 23.8 Å². The van der Waals surface area contributed by atoms with Crippen molar-refractivity contribution in [3.05, 3.63) is 83.2 Å². The number of nitrogens with two attached hydrogens (primary N) is 1. The van der Waals surface area contributed by atoms with E-state index in [9.17, 15) is 9.18 Å². The highest BCUT2D eigenvalue weighted by Crippen LogP contribution is 2.41. The number of hydrogen-bond donors (Lipinski definition) is 3. The Balaban J connectivity index is 1.70. The molecule has 1 amide bonds. The number of nitrogen functional groups attached to an aromatic ring is 1. The normalized spacial score (nSPS) is 13.4. The Morgan fingerprint density at radius 2 is 1.94 bits per heavy atom. The molecule has 3 aromatic carbocycles. The summed E-state index contributed by atoms with van der Waals surface area (Å²) >= 11 is 6.71. The molecule has 36 heavy (non-hydrogen) atoms. The van der Waals surface area contributed by atoms with E-state index in [2.05, 4.69) is 56.2 Å². The van der Waals surface area contributed by atoms with Gasteiger partial charge in [0.1, 0.15) is 5.82 Å². The van der Waals surface area contributed by atoms with Gasteiger partial charge in [-0.3, -0.25) is 4.79 Å². The Bertz CT molecular complexity index is 1300. The number of nitrogens with zero attached hydrogens (tertiary/aromatic N) is 1. The quantitative estimate of drug-likeness (QED) is 0.228. The summed E-state index contributed by atoms with van der Waals surface area (Å²) < 4.78 is 14.1. The number of hydrogen-bond acceptors (Lipinski definition) is 4. The number of halogens is 2. The summed E-state index contributed by atoms with van der Waals surface area (Å²) in [6.07, 6.45) is 1.34. The van der Waals surface area contributed by atoms with Crippen molar-refractivity contribution in [2.24, 2.45) is 5.92 Å². The number of para-hydroxylation sites is 1. The lowest BCUT2D eigenvalue weighted by molar-refractivity contribution is -0.131. The minimum atomic E-state index is -0.378. The van der Waals surface area contributed by atoms with Gasteiger partial charge < -0.3 is 21.3 Å². The topological polar surface area (TPSA) is 70.4 Å². The monoisotopic (exact) mass is 506 g/mol. The van der Waals surface area contributed by atoms with E-state index in [0.717, 1.165) is 22.6 Å². The summed E-state index contributed by atoms with van der Waals surface area (Å²) in [6.45, 7) is 12.0. The molecule has 0 atom stereocenters. The van der Waals surface area contributed by atoms with Gasteiger partial charge in [0.05, 0.1) is 16.4 Å². The van der Waals surface area contributed by atoms with Gasteiger partial charge in [0, 0.05) is 48.1 Å². The average molecular weight is 507 g/mol. The average Bonchev–Trinajstić information content (AvgIpc) is 2.81. The predicted molar refractivity (Wildman–Crippen MR) is 149 cm³/mol. The second-order valence-electron chi connectivity index (χ2n) is 9.62. The lowest BCUT2D eigenvalue weighted by Crippen LogP contribution is -2.51. The van der Waals surface area contributed by atoms with E-state index in [0.29, 0.717) is 53.3 Å². The van der Waals surface area contributed by atoms with Crippen LogP contribution < -0.4 is 16.4 Å². The maximum absolute atomic E-state index is 14.1. The van der Waals surface area contributed by atoms with E-state index in [1.54, 1.807) is 11.0 Å². The van der Waals surface area contributed by atoms with Crippen molar-refractivity contribution in [2.45, 2.75) is 26.7 Å². The molecule has 1 aliphatic heterocycles. The fraction of sp³-hybridized carbons (Fsp3) is 0.276. The molecule has 7 heteroatoms. The van der Waals surface area contributed by atoms with E-state index < -0.39 is 0 Å². The molecule has 5 nitrogen and oxygen atoms in total. The molecular weight excluding hydrogens is 475 g/mol. The molecule has 3 aromatic rings.